The summed E-state index contributed by atoms with van der Waals surface area (Å²) in [6.45, 7) is 2.66. The van der Waals surface area contributed by atoms with Crippen LogP contribution in [0, 0.1) is 0 Å². The van der Waals surface area contributed by atoms with Crippen LogP contribution in [0.15, 0.2) is 0 Å². The molecule has 0 aromatic heterocycles. The second-order valence-corrected chi connectivity index (χ2v) is 4.93. The van der Waals surface area contributed by atoms with E-state index >= 15 is 0 Å². The predicted octanol–water partition coefficient (Wildman–Crippen LogP) is -1.98. The molecule has 0 unspecified atom stereocenters. The fourth-order valence-corrected chi connectivity index (χ4v) is 1.87. The maximum atomic E-state index is 11.2. The van der Waals surface area contributed by atoms with Crippen molar-refractivity contribution in [1.82, 2.24) is 10.0 Å². The Bertz CT molecular complexity index is 292. The number of rotatable bonds is 9. The molecule has 7 nitrogen and oxygen atoms in total. The molecule has 0 rings (SSSR count). The average Bonchev–Trinajstić information content (AvgIpc) is 2.17. The van der Waals surface area contributed by atoms with Gasteiger partial charge in [-0.2, -0.15) is 0 Å². The third-order valence-corrected chi connectivity index (χ3v) is 3.02. The number of ether oxygens (including phenoxy) is 1. The molecule has 8 heteroatoms. The quantitative estimate of drug-likeness (QED) is 0.412. The van der Waals surface area contributed by atoms with Gasteiger partial charge in [0.25, 0.3) is 0 Å². The van der Waals surface area contributed by atoms with Gasteiger partial charge in [-0.15, -0.1) is 0 Å². The topological polar surface area (TPSA) is 111 Å². The Morgan fingerprint density at radius 3 is 2.69 bits per heavy atom. The van der Waals surface area contributed by atoms with Crippen molar-refractivity contribution >= 4 is 15.9 Å². The third-order valence-electron chi connectivity index (χ3n) is 1.55. The molecule has 0 radical (unpaired) electrons. The van der Waals surface area contributed by atoms with Crippen molar-refractivity contribution in [3.8, 4) is 0 Å². The van der Waals surface area contributed by atoms with E-state index in [4.69, 9.17) is 10.5 Å². The number of nitrogens with one attached hydrogen (secondary N) is 2. The van der Waals surface area contributed by atoms with E-state index in [9.17, 15) is 13.2 Å². The Morgan fingerprint density at radius 2 is 2.12 bits per heavy atom. The van der Waals surface area contributed by atoms with Gasteiger partial charge in [0.2, 0.25) is 15.9 Å². The van der Waals surface area contributed by atoms with E-state index < -0.39 is 10.0 Å². The Hall–Kier alpha value is -0.700. The maximum absolute atomic E-state index is 11.2. The van der Waals surface area contributed by atoms with Gasteiger partial charge in [-0.3, -0.25) is 4.79 Å². The molecular formula is C8H19N3O4S. The van der Waals surface area contributed by atoms with Crippen molar-refractivity contribution in [3.05, 3.63) is 0 Å². The molecule has 16 heavy (non-hydrogen) atoms. The lowest BCUT2D eigenvalue weighted by Crippen LogP contribution is -2.36. The maximum Gasteiger partial charge on any atom is 0.246 e. The van der Waals surface area contributed by atoms with Crippen LogP contribution in [0.5, 0.6) is 0 Å². The standard InChI is InChI=1S/C8H19N3O4S/c1-2-11-16(13,14)6-4-10-8(12)7-15-5-3-9/h11H,2-7,9H2,1H3,(H,10,12). The van der Waals surface area contributed by atoms with Crippen molar-refractivity contribution in [2.75, 3.05) is 38.6 Å². The second-order valence-electron chi connectivity index (χ2n) is 3.01. The number of hydrogen-bond donors (Lipinski definition) is 3. The summed E-state index contributed by atoms with van der Waals surface area (Å²) < 4.78 is 29.5. The Labute approximate surface area is 95.8 Å². The van der Waals surface area contributed by atoms with Crippen molar-refractivity contribution in [3.63, 3.8) is 0 Å². The number of nitrogens with two attached hydrogens (primary N) is 1. The predicted molar refractivity (Wildman–Crippen MR) is 60.3 cm³/mol. The summed E-state index contributed by atoms with van der Waals surface area (Å²) in [7, 11) is -3.28. The van der Waals surface area contributed by atoms with E-state index in [-0.39, 0.29) is 24.8 Å². The number of carbonyl (C=O) groups is 1. The largest absolute Gasteiger partial charge is 0.370 e. The molecule has 0 aliphatic rings. The highest BCUT2D eigenvalue weighted by molar-refractivity contribution is 7.89. The first-order valence-electron chi connectivity index (χ1n) is 5.03. The van der Waals surface area contributed by atoms with Gasteiger partial charge >= 0.3 is 0 Å². The minimum absolute atomic E-state index is 0.0696. The highest BCUT2D eigenvalue weighted by Gasteiger charge is 2.08. The lowest BCUT2D eigenvalue weighted by atomic mass is 10.6. The van der Waals surface area contributed by atoms with Crippen LogP contribution in [0.2, 0.25) is 0 Å². The van der Waals surface area contributed by atoms with Crippen LogP contribution in [0.1, 0.15) is 6.92 Å². The van der Waals surface area contributed by atoms with Crippen molar-refractivity contribution < 1.29 is 17.9 Å². The summed E-state index contributed by atoms with van der Waals surface area (Å²) in [6, 6.07) is 0. The number of amides is 1. The number of carbonyl (C=O) groups excluding carboxylic acids is 1. The molecule has 0 saturated carbocycles. The van der Waals surface area contributed by atoms with E-state index in [0.29, 0.717) is 19.7 Å². The van der Waals surface area contributed by atoms with E-state index in [0.717, 1.165) is 0 Å². The van der Waals surface area contributed by atoms with Crippen LogP contribution in [0.25, 0.3) is 0 Å². The summed E-state index contributed by atoms with van der Waals surface area (Å²) in [5, 5.41) is 2.43. The van der Waals surface area contributed by atoms with Gasteiger partial charge in [-0.05, 0) is 0 Å². The molecule has 0 heterocycles. The van der Waals surface area contributed by atoms with Gasteiger partial charge in [-0.1, -0.05) is 6.92 Å². The zero-order chi connectivity index (χ0) is 12.4. The Kier molecular flexibility index (Phi) is 8.08. The summed E-state index contributed by atoms with van der Waals surface area (Å²) in [5.74, 6) is -0.483. The molecule has 0 aromatic rings. The van der Waals surface area contributed by atoms with Crippen molar-refractivity contribution in [2.24, 2.45) is 5.73 Å². The molecule has 1 amide bonds. The fraction of sp³-hybridized carbons (Fsp3) is 0.875. The smallest absolute Gasteiger partial charge is 0.246 e. The lowest BCUT2D eigenvalue weighted by molar-refractivity contribution is -0.125. The molecule has 4 N–H and O–H groups in total. The molecule has 0 aliphatic heterocycles. The molecule has 0 spiro atoms. The Morgan fingerprint density at radius 1 is 1.44 bits per heavy atom. The average molecular weight is 253 g/mol. The van der Waals surface area contributed by atoms with Gasteiger partial charge in [0, 0.05) is 19.6 Å². The van der Waals surface area contributed by atoms with Crippen LogP contribution in [0.4, 0.5) is 0 Å². The Balaban J connectivity index is 3.61. The van der Waals surface area contributed by atoms with Gasteiger partial charge in [0.1, 0.15) is 6.61 Å². The number of sulfonamides is 1. The first-order chi connectivity index (χ1) is 7.52. The van der Waals surface area contributed by atoms with Crippen LogP contribution < -0.4 is 15.8 Å². The van der Waals surface area contributed by atoms with Crippen LogP contribution >= 0.6 is 0 Å². The second kappa shape index (κ2) is 8.45. The monoisotopic (exact) mass is 253 g/mol. The molecular weight excluding hydrogens is 234 g/mol. The highest BCUT2D eigenvalue weighted by Crippen LogP contribution is 1.82. The minimum Gasteiger partial charge on any atom is -0.370 e. The van der Waals surface area contributed by atoms with Gasteiger partial charge < -0.3 is 15.8 Å². The van der Waals surface area contributed by atoms with E-state index in [1.54, 1.807) is 6.92 Å². The molecule has 0 aromatic carbocycles. The first-order valence-corrected chi connectivity index (χ1v) is 6.69. The zero-order valence-corrected chi connectivity index (χ0v) is 10.2. The van der Waals surface area contributed by atoms with Crippen LogP contribution in [-0.4, -0.2) is 52.9 Å². The molecule has 0 aliphatic carbocycles. The molecule has 0 fully saturated rings. The van der Waals surface area contributed by atoms with Gasteiger partial charge in [-0.25, -0.2) is 13.1 Å². The molecule has 96 valence electrons. The van der Waals surface area contributed by atoms with E-state index in [2.05, 4.69) is 10.0 Å². The summed E-state index contributed by atoms with van der Waals surface area (Å²) in [4.78, 5) is 11.1. The van der Waals surface area contributed by atoms with Crippen molar-refractivity contribution in [1.29, 1.82) is 0 Å². The zero-order valence-electron chi connectivity index (χ0n) is 9.36. The SMILES string of the molecule is CCNS(=O)(=O)CCNC(=O)COCCN. The van der Waals surface area contributed by atoms with Gasteiger partial charge in [0.05, 0.1) is 12.4 Å². The molecule has 0 saturated heterocycles. The first kappa shape index (κ1) is 15.3. The molecule has 0 atom stereocenters. The van der Waals surface area contributed by atoms with E-state index in [1.807, 2.05) is 0 Å². The normalized spacial score (nSPS) is 11.4. The van der Waals surface area contributed by atoms with E-state index in [1.165, 1.54) is 0 Å². The van der Waals surface area contributed by atoms with Crippen LogP contribution in [0.3, 0.4) is 0 Å². The van der Waals surface area contributed by atoms with Crippen LogP contribution in [-0.2, 0) is 19.6 Å². The van der Waals surface area contributed by atoms with Gasteiger partial charge in [0.15, 0.2) is 0 Å². The third kappa shape index (κ3) is 8.60. The lowest BCUT2D eigenvalue weighted by Gasteiger charge is -2.06. The highest BCUT2D eigenvalue weighted by atomic mass is 32.2. The summed E-state index contributed by atoms with van der Waals surface area (Å²) in [5.41, 5.74) is 5.16. The van der Waals surface area contributed by atoms with Crippen molar-refractivity contribution in [2.45, 2.75) is 6.92 Å². The molecule has 0 bridgehead atoms. The number of hydrogen-bond acceptors (Lipinski definition) is 5. The summed E-state index contributed by atoms with van der Waals surface area (Å²) in [6.07, 6.45) is 0. The minimum atomic E-state index is -3.28. The fourth-order valence-electron chi connectivity index (χ4n) is 0.916. The summed E-state index contributed by atoms with van der Waals surface area (Å²) >= 11 is 0.